The van der Waals surface area contributed by atoms with Crippen LogP contribution in [0.3, 0.4) is 0 Å². The molecule has 0 saturated carbocycles. The average Bonchev–Trinajstić information content (AvgIpc) is 3.14. The molecule has 3 rings (SSSR count). The number of nitrogens with zero attached hydrogens (tertiary/aromatic N) is 3. The molecule has 130 valence electrons. The van der Waals surface area contributed by atoms with E-state index in [1.54, 1.807) is 39.9 Å². The molecule has 1 aromatic heterocycles. The van der Waals surface area contributed by atoms with Crippen LogP contribution in [0, 0.1) is 0 Å². The highest BCUT2D eigenvalue weighted by molar-refractivity contribution is 6.06. The lowest BCUT2D eigenvalue weighted by Gasteiger charge is -2.15. The van der Waals surface area contributed by atoms with Crippen molar-refractivity contribution < 1.29 is 14.4 Å². The zero-order valence-electron chi connectivity index (χ0n) is 13.9. The van der Waals surface area contributed by atoms with E-state index in [9.17, 15) is 14.4 Å². The van der Waals surface area contributed by atoms with Crippen LogP contribution in [0.2, 0.25) is 0 Å². The van der Waals surface area contributed by atoms with E-state index in [1.165, 1.54) is 14.0 Å². The summed E-state index contributed by atoms with van der Waals surface area (Å²) in [4.78, 5) is 36.8. The summed E-state index contributed by atoms with van der Waals surface area (Å²) in [6.07, 6.45) is 0. The van der Waals surface area contributed by atoms with Gasteiger partial charge in [0.2, 0.25) is 5.91 Å². The number of carbonyl (C=O) groups excluding carboxylic acids is 3. The molecule has 1 aliphatic rings. The summed E-state index contributed by atoms with van der Waals surface area (Å²) >= 11 is 0. The molecule has 0 aliphatic carbocycles. The SMILES string of the molecule is CNC(=O)Nc1cc2n(n1)CCN2C(=O)c1ccc(NC(C)=O)cc1. The number of amides is 4. The van der Waals surface area contributed by atoms with Crippen molar-refractivity contribution in [3.05, 3.63) is 35.9 Å². The molecule has 0 atom stereocenters. The fourth-order valence-corrected chi connectivity index (χ4v) is 2.60. The summed E-state index contributed by atoms with van der Waals surface area (Å²) in [5.74, 6) is 0.674. The number of fused-ring (bicyclic) bond motifs is 1. The van der Waals surface area contributed by atoms with Crippen LogP contribution in [0.15, 0.2) is 30.3 Å². The standard InChI is InChI=1S/C16H18N6O3/c1-10(23)18-12-5-3-11(4-6-12)15(24)21-7-8-22-14(21)9-13(20-22)19-16(25)17-2/h3-6,9H,7-8H2,1-2H3,(H,18,23)(H2,17,19,20,25). The number of urea groups is 1. The highest BCUT2D eigenvalue weighted by Crippen LogP contribution is 2.26. The van der Waals surface area contributed by atoms with Crippen LogP contribution in [-0.4, -0.2) is 41.2 Å². The number of nitrogens with one attached hydrogen (secondary N) is 3. The number of rotatable bonds is 3. The van der Waals surface area contributed by atoms with Gasteiger partial charge < -0.3 is 10.6 Å². The van der Waals surface area contributed by atoms with E-state index in [4.69, 9.17) is 0 Å². The van der Waals surface area contributed by atoms with Gasteiger partial charge in [0.05, 0.1) is 6.54 Å². The predicted octanol–water partition coefficient (Wildman–Crippen LogP) is 1.25. The second-order valence-electron chi connectivity index (χ2n) is 5.53. The molecule has 2 heterocycles. The molecule has 9 heteroatoms. The second kappa shape index (κ2) is 6.63. The number of carbonyl (C=O) groups is 3. The monoisotopic (exact) mass is 342 g/mol. The number of anilines is 3. The van der Waals surface area contributed by atoms with E-state index < -0.39 is 0 Å². The molecule has 0 radical (unpaired) electrons. The Labute approximate surface area is 144 Å². The highest BCUT2D eigenvalue weighted by atomic mass is 16.2. The fourth-order valence-electron chi connectivity index (χ4n) is 2.60. The molecular formula is C16H18N6O3. The maximum absolute atomic E-state index is 12.7. The molecule has 0 spiro atoms. The minimum absolute atomic E-state index is 0.167. The highest BCUT2D eigenvalue weighted by Gasteiger charge is 2.28. The largest absolute Gasteiger partial charge is 0.341 e. The number of aromatic nitrogens is 2. The van der Waals surface area contributed by atoms with Crippen molar-refractivity contribution in [1.82, 2.24) is 15.1 Å². The predicted molar refractivity (Wildman–Crippen MR) is 92.7 cm³/mol. The van der Waals surface area contributed by atoms with Gasteiger partial charge in [-0.3, -0.25) is 19.8 Å². The summed E-state index contributed by atoms with van der Waals surface area (Å²) in [7, 11) is 1.51. The van der Waals surface area contributed by atoms with Crippen LogP contribution in [-0.2, 0) is 11.3 Å². The van der Waals surface area contributed by atoms with E-state index in [2.05, 4.69) is 21.0 Å². The molecule has 25 heavy (non-hydrogen) atoms. The topological polar surface area (TPSA) is 108 Å². The Morgan fingerprint density at radius 3 is 2.44 bits per heavy atom. The first-order chi connectivity index (χ1) is 12.0. The number of hydrogen-bond acceptors (Lipinski definition) is 4. The van der Waals surface area contributed by atoms with Crippen molar-refractivity contribution in [1.29, 1.82) is 0 Å². The Balaban J connectivity index is 1.76. The summed E-state index contributed by atoms with van der Waals surface area (Å²) in [5, 5.41) is 11.9. The van der Waals surface area contributed by atoms with Crippen molar-refractivity contribution in [2.45, 2.75) is 13.5 Å². The molecule has 1 aliphatic heterocycles. The maximum atomic E-state index is 12.7. The Hall–Kier alpha value is -3.36. The van der Waals surface area contributed by atoms with Crippen molar-refractivity contribution in [3.63, 3.8) is 0 Å². The molecule has 2 aromatic rings. The van der Waals surface area contributed by atoms with E-state index in [1.807, 2.05) is 0 Å². The van der Waals surface area contributed by atoms with E-state index >= 15 is 0 Å². The van der Waals surface area contributed by atoms with Gasteiger partial charge in [0.25, 0.3) is 5.91 Å². The molecule has 0 fully saturated rings. The van der Waals surface area contributed by atoms with Crippen LogP contribution in [0.1, 0.15) is 17.3 Å². The lowest BCUT2D eigenvalue weighted by molar-refractivity contribution is -0.114. The van der Waals surface area contributed by atoms with Gasteiger partial charge in [0, 0.05) is 37.8 Å². The minimum atomic E-state index is -0.372. The third-order valence-corrected chi connectivity index (χ3v) is 3.74. The fraction of sp³-hybridized carbons (Fsp3) is 0.250. The van der Waals surface area contributed by atoms with Crippen LogP contribution in [0.4, 0.5) is 22.1 Å². The van der Waals surface area contributed by atoms with Gasteiger partial charge in [0.15, 0.2) is 5.82 Å². The van der Waals surface area contributed by atoms with Gasteiger partial charge in [-0.2, -0.15) is 5.10 Å². The number of benzene rings is 1. The lowest BCUT2D eigenvalue weighted by atomic mass is 10.2. The Kier molecular flexibility index (Phi) is 4.38. The number of hydrogen-bond donors (Lipinski definition) is 3. The quantitative estimate of drug-likeness (QED) is 0.780. The van der Waals surface area contributed by atoms with Crippen LogP contribution >= 0.6 is 0 Å². The van der Waals surface area contributed by atoms with Crippen LogP contribution < -0.4 is 20.9 Å². The first-order valence-corrected chi connectivity index (χ1v) is 7.74. The first kappa shape index (κ1) is 16.5. The summed E-state index contributed by atoms with van der Waals surface area (Å²) in [5.41, 5.74) is 1.14. The van der Waals surface area contributed by atoms with E-state index in [-0.39, 0.29) is 17.8 Å². The first-order valence-electron chi connectivity index (χ1n) is 7.74. The molecule has 9 nitrogen and oxygen atoms in total. The molecule has 3 N–H and O–H groups in total. The normalized spacial score (nSPS) is 12.5. The van der Waals surface area contributed by atoms with Gasteiger partial charge in [0.1, 0.15) is 5.82 Å². The Morgan fingerprint density at radius 2 is 1.80 bits per heavy atom. The third kappa shape index (κ3) is 3.44. The van der Waals surface area contributed by atoms with E-state index in [0.717, 1.165) is 0 Å². The molecule has 0 bridgehead atoms. The van der Waals surface area contributed by atoms with Crippen molar-refractivity contribution in [2.75, 3.05) is 29.1 Å². The van der Waals surface area contributed by atoms with Gasteiger partial charge >= 0.3 is 6.03 Å². The smallest absolute Gasteiger partial charge is 0.320 e. The Morgan fingerprint density at radius 1 is 1.08 bits per heavy atom. The zero-order chi connectivity index (χ0) is 18.0. The van der Waals surface area contributed by atoms with Crippen LogP contribution in [0.25, 0.3) is 0 Å². The average molecular weight is 342 g/mol. The molecule has 4 amide bonds. The summed E-state index contributed by atoms with van der Waals surface area (Å²) in [6, 6.07) is 7.97. The summed E-state index contributed by atoms with van der Waals surface area (Å²) in [6.45, 7) is 2.49. The molecule has 1 aromatic carbocycles. The maximum Gasteiger partial charge on any atom is 0.320 e. The van der Waals surface area contributed by atoms with Crippen LogP contribution in [0.5, 0.6) is 0 Å². The van der Waals surface area contributed by atoms with Crippen molar-refractivity contribution >= 4 is 35.2 Å². The lowest BCUT2D eigenvalue weighted by Crippen LogP contribution is -2.29. The molecule has 0 unspecified atom stereocenters. The van der Waals surface area contributed by atoms with Crippen molar-refractivity contribution in [3.8, 4) is 0 Å². The minimum Gasteiger partial charge on any atom is -0.341 e. The van der Waals surface area contributed by atoms with Gasteiger partial charge in [-0.25, -0.2) is 9.48 Å². The Bertz CT molecular complexity index is 827. The second-order valence-corrected chi connectivity index (χ2v) is 5.53. The summed E-state index contributed by atoms with van der Waals surface area (Å²) < 4.78 is 1.68. The van der Waals surface area contributed by atoms with Crippen molar-refractivity contribution in [2.24, 2.45) is 0 Å². The molecule has 0 saturated heterocycles. The van der Waals surface area contributed by atoms with Gasteiger partial charge in [-0.05, 0) is 24.3 Å². The third-order valence-electron chi connectivity index (χ3n) is 3.74. The van der Waals surface area contributed by atoms with E-state index in [0.29, 0.717) is 36.0 Å². The zero-order valence-corrected chi connectivity index (χ0v) is 13.9. The molecular weight excluding hydrogens is 324 g/mol. The van der Waals surface area contributed by atoms with Gasteiger partial charge in [-0.15, -0.1) is 0 Å². The van der Waals surface area contributed by atoms with Gasteiger partial charge in [-0.1, -0.05) is 0 Å².